The molecule has 1 aromatic rings. The smallest absolute Gasteiger partial charge is 0.257 e. The van der Waals surface area contributed by atoms with Crippen LogP contribution in [-0.4, -0.2) is 42.1 Å². The minimum absolute atomic E-state index is 0.0208. The zero-order chi connectivity index (χ0) is 15.7. The molecule has 2 atom stereocenters. The summed E-state index contributed by atoms with van der Waals surface area (Å²) in [6, 6.07) is 6.26. The normalized spacial score (nSPS) is 24.5. The topological polar surface area (TPSA) is 41.6 Å². The number of ether oxygens (including phenoxy) is 1. The first-order valence-electron chi connectivity index (χ1n) is 8.04. The molecule has 2 aliphatic heterocycles. The van der Waals surface area contributed by atoms with Crippen LogP contribution in [0.4, 0.5) is 0 Å². The Labute approximate surface area is 136 Å². The van der Waals surface area contributed by atoms with E-state index in [9.17, 15) is 4.79 Å². The molecule has 2 bridgehead atoms. The van der Waals surface area contributed by atoms with Gasteiger partial charge in [0, 0.05) is 30.2 Å². The molecular weight excluding hydrogens is 300 g/mol. The van der Waals surface area contributed by atoms with Crippen molar-refractivity contribution in [1.82, 2.24) is 10.2 Å². The summed E-state index contributed by atoms with van der Waals surface area (Å²) in [5.74, 6) is 0.638. The van der Waals surface area contributed by atoms with Gasteiger partial charge in [-0.05, 0) is 51.3 Å². The number of fused-ring (bicyclic) bond motifs is 2. The van der Waals surface area contributed by atoms with Gasteiger partial charge in [0.15, 0.2) is 0 Å². The van der Waals surface area contributed by atoms with Crippen molar-refractivity contribution in [3.05, 3.63) is 28.8 Å². The minimum Gasteiger partial charge on any atom is -0.490 e. The van der Waals surface area contributed by atoms with Gasteiger partial charge in [0.25, 0.3) is 5.91 Å². The summed E-state index contributed by atoms with van der Waals surface area (Å²) in [6.07, 6.45) is 3.42. The first kappa shape index (κ1) is 15.6. The highest BCUT2D eigenvalue weighted by atomic mass is 35.5. The Morgan fingerprint density at radius 3 is 2.86 bits per heavy atom. The van der Waals surface area contributed by atoms with E-state index in [1.807, 2.05) is 18.7 Å². The molecule has 2 aliphatic rings. The Morgan fingerprint density at radius 2 is 2.09 bits per heavy atom. The van der Waals surface area contributed by atoms with E-state index in [4.69, 9.17) is 16.3 Å². The Kier molecular flexibility index (Phi) is 4.59. The van der Waals surface area contributed by atoms with E-state index in [0.717, 1.165) is 25.9 Å². The van der Waals surface area contributed by atoms with Crippen LogP contribution in [0.25, 0.3) is 0 Å². The average Bonchev–Trinajstić information content (AvgIpc) is 2.79. The number of halogens is 1. The number of carbonyl (C=O) groups is 1. The van der Waals surface area contributed by atoms with Crippen molar-refractivity contribution in [3.63, 3.8) is 0 Å². The molecule has 4 nitrogen and oxygen atoms in total. The van der Waals surface area contributed by atoms with Gasteiger partial charge in [-0.2, -0.15) is 0 Å². The molecule has 5 heteroatoms. The van der Waals surface area contributed by atoms with E-state index in [-0.39, 0.29) is 12.0 Å². The largest absolute Gasteiger partial charge is 0.490 e. The van der Waals surface area contributed by atoms with Crippen molar-refractivity contribution >= 4 is 17.5 Å². The maximum absolute atomic E-state index is 12.9. The molecule has 2 heterocycles. The highest BCUT2D eigenvalue weighted by Gasteiger charge is 2.32. The lowest BCUT2D eigenvalue weighted by Crippen LogP contribution is -2.39. The highest BCUT2D eigenvalue weighted by molar-refractivity contribution is 6.31. The molecule has 0 spiro atoms. The van der Waals surface area contributed by atoms with Crippen LogP contribution < -0.4 is 10.1 Å². The fraction of sp³-hybridized carbons (Fsp3) is 0.588. The molecule has 3 rings (SSSR count). The lowest BCUT2D eigenvalue weighted by molar-refractivity contribution is 0.0742. The van der Waals surface area contributed by atoms with Crippen LogP contribution in [0.5, 0.6) is 5.75 Å². The molecular formula is C17H23ClN2O2. The molecule has 1 N–H and O–H groups in total. The van der Waals surface area contributed by atoms with E-state index < -0.39 is 0 Å². The van der Waals surface area contributed by atoms with Gasteiger partial charge in [0.1, 0.15) is 5.75 Å². The Morgan fingerprint density at radius 1 is 1.32 bits per heavy atom. The zero-order valence-corrected chi connectivity index (χ0v) is 13.9. The van der Waals surface area contributed by atoms with Crippen LogP contribution in [0.2, 0.25) is 5.02 Å². The van der Waals surface area contributed by atoms with Gasteiger partial charge in [-0.15, -0.1) is 0 Å². The third kappa shape index (κ3) is 3.39. The summed E-state index contributed by atoms with van der Waals surface area (Å²) in [6.45, 7) is 5.47. The third-order valence-electron chi connectivity index (χ3n) is 4.35. The van der Waals surface area contributed by atoms with Crippen molar-refractivity contribution < 1.29 is 9.53 Å². The van der Waals surface area contributed by atoms with Crippen molar-refractivity contribution in [3.8, 4) is 5.75 Å². The summed E-state index contributed by atoms with van der Waals surface area (Å²) in [5, 5.41) is 4.16. The molecule has 0 aromatic heterocycles. The van der Waals surface area contributed by atoms with Gasteiger partial charge in [-0.1, -0.05) is 11.6 Å². The van der Waals surface area contributed by atoms with E-state index in [1.165, 1.54) is 6.42 Å². The van der Waals surface area contributed by atoms with Crippen molar-refractivity contribution in [1.29, 1.82) is 0 Å². The van der Waals surface area contributed by atoms with E-state index >= 15 is 0 Å². The lowest BCUT2D eigenvalue weighted by atomic mass is 10.1. The van der Waals surface area contributed by atoms with Crippen LogP contribution in [0, 0.1) is 0 Å². The number of nitrogens with zero attached hydrogens (tertiary/aromatic N) is 1. The Hall–Kier alpha value is -1.26. The molecule has 0 aliphatic carbocycles. The van der Waals surface area contributed by atoms with Crippen LogP contribution in [0.15, 0.2) is 18.2 Å². The van der Waals surface area contributed by atoms with Gasteiger partial charge < -0.3 is 15.0 Å². The van der Waals surface area contributed by atoms with Gasteiger partial charge in [0.05, 0.1) is 11.7 Å². The second kappa shape index (κ2) is 6.47. The molecule has 2 fully saturated rings. The molecule has 1 amide bonds. The second-order valence-electron chi connectivity index (χ2n) is 6.48. The minimum atomic E-state index is 0.0208. The summed E-state index contributed by atoms with van der Waals surface area (Å²) in [7, 11) is 0. The van der Waals surface area contributed by atoms with Crippen LogP contribution >= 0.6 is 11.6 Å². The third-order valence-corrected chi connectivity index (χ3v) is 4.58. The summed E-state index contributed by atoms with van der Waals surface area (Å²) >= 11 is 6.09. The zero-order valence-electron chi connectivity index (χ0n) is 13.1. The Balaban J connectivity index is 1.83. The molecule has 1 aromatic carbocycles. The standard InChI is InChI=1S/C17H23ClN2O2/c1-11(2)22-16-6-3-12(18)9-15(16)17(21)20-8-7-13-4-5-14(10-20)19-13/h3,6,9,11,13-14,19H,4-5,7-8,10H2,1-2H3. The fourth-order valence-electron chi connectivity index (χ4n) is 3.32. The van der Waals surface area contributed by atoms with E-state index in [1.54, 1.807) is 18.2 Å². The lowest BCUT2D eigenvalue weighted by Gasteiger charge is -2.25. The second-order valence-corrected chi connectivity index (χ2v) is 6.92. The molecule has 0 saturated carbocycles. The first-order chi connectivity index (χ1) is 10.5. The maximum Gasteiger partial charge on any atom is 0.257 e. The first-order valence-corrected chi connectivity index (χ1v) is 8.42. The average molecular weight is 323 g/mol. The van der Waals surface area contributed by atoms with Crippen molar-refractivity contribution in [2.75, 3.05) is 13.1 Å². The molecule has 22 heavy (non-hydrogen) atoms. The molecule has 120 valence electrons. The van der Waals surface area contributed by atoms with Gasteiger partial charge in [-0.25, -0.2) is 0 Å². The van der Waals surface area contributed by atoms with Gasteiger partial charge in [-0.3, -0.25) is 4.79 Å². The predicted octanol–water partition coefficient (Wildman–Crippen LogP) is 3.09. The summed E-state index contributed by atoms with van der Waals surface area (Å²) < 4.78 is 5.78. The number of nitrogens with one attached hydrogen (secondary N) is 1. The quantitative estimate of drug-likeness (QED) is 0.929. The van der Waals surface area contributed by atoms with Crippen LogP contribution in [-0.2, 0) is 0 Å². The number of amides is 1. The van der Waals surface area contributed by atoms with E-state index in [2.05, 4.69) is 5.32 Å². The number of rotatable bonds is 3. The highest BCUT2D eigenvalue weighted by Crippen LogP contribution is 2.27. The van der Waals surface area contributed by atoms with Gasteiger partial charge in [0.2, 0.25) is 0 Å². The molecule has 0 radical (unpaired) electrons. The Bertz CT molecular complexity index is 562. The van der Waals surface area contributed by atoms with Crippen molar-refractivity contribution in [2.24, 2.45) is 0 Å². The van der Waals surface area contributed by atoms with E-state index in [0.29, 0.717) is 28.4 Å². The monoisotopic (exact) mass is 322 g/mol. The number of hydrogen-bond donors (Lipinski definition) is 1. The summed E-state index contributed by atoms with van der Waals surface area (Å²) in [4.78, 5) is 14.9. The predicted molar refractivity (Wildman–Crippen MR) is 87.7 cm³/mol. The van der Waals surface area contributed by atoms with Crippen molar-refractivity contribution in [2.45, 2.75) is 51.3 Å². The van der Waals surface area contributed by atoms with Crippen LogP contribution in [0.1, 0.15) is 43.5 Å². The number of carbonyl (C=O) groups excluding carboxylic acids is 1. The number of benzene rings is 1. The number of likely N-dealkylation sites (tertiary alicyclic amines) is 1. The fourth-order valence-corrected chi connectivity index (χ4v) is 3.50. The number of hydrogen-bond acceptors (Lipinski definition) is 3. The molecule has 2 unspecified atom stereocenters. The maximum atomic E-state index is 12.9. The van der Waals surface area contributed by atoms with Gasteiger partial charge >= 0.3 is 0 Å². The molecule has 2 saturated heterocycles. The summed E-state index contributed by atoms with van der Waals surface area (Å²) in [5.41, 5.74) is 0.568. The SMILES string of the molecule is CC(C)Oc1ccc(Cl)cc1C(=O)N1CCC2CCC(C1)N2. The van der Waals surface area contributed by atoms with Crippen LogP contribution in [0.3, 0.4) is 0 Å².